The van der Waals surface area contributed by atoms with Gasteiger partial charge >= 0.3 is 0 Å². The lowest BCUT2D eigenvalue weighted by Crippen LogP contribution is -2.66. The van der Waals surface area contributed by atoms with Crippen LogP contribution in [0.2, 0.25) is 20.4 Å². The van der Waals surface area contributed by atoms with Crippen molar-refractivity contribution in [2.75, 3.05) is 0 Å². The molecular formula is C48H48Cl2N2O5Si2. The summed E-state index contributed by atoms with van der Waals surface area (Å²) in [7, 11) is -5.27. The van der Waals surface area contributed by atoms with E-state index in [0.717, 1.165) is 16.9 Å². The lowest BCUT2D eigenvalue weighted by atomic mass is 10.2. The van der Waals surface area contributed by atoms with E-state index >= 15 is 0 Å². The summed E-state index contributed by atoms with van der Waals surface area (Å²) in [6, 6.07) is 52.5. The SMILES string of the molecule is CC(C)(C)[Si](OCc1cc2c(ccc(Cl)[n+]2[O-])o1)(c1ccccc1)c1ccccc1.CC(C)(C)[Si](OCc1cc2nc(Cl)ccc2o1)(c1ccccc1)c1ccccc1. The molecule has 0 saturated carbocycles. The van der Waals surface area contributed by atoms with Crippen LogP contribution in [-0.2, 0) is 22.1 Å². The van der Waals surface area contributed by atoms with Gasteiger partial charge in [0.15, 0.2) is 11.2 Å². The number of rotatable bonds is 10. The van der Waals surface area contributed by atoms with Crippen molar-refractivity contribution in [3.05, 3.63) is 185 Å². The van der Waals surface area contributed by atoms with Crippen LogP contribution in [0.1, 0.15) is 53.1 Å². The number of aromatic nitrogens is 2. The fourth-order valence-electron chi connectivity index (χ4n) is 8.03. The molecule has 0 atom stereocenters. The van der Waals surface area contributed by atoms with Crippen molar-refractivity contribution < 1.29 is 22.4 Å². The summed E-state index contributed by atoms with van der Waals surface area (Å²) < 4.78 is 26.3. The quantitative estimate of drug-likeness (QED) is 0.0590. The van der Waals surface area contributed by atoms with Crippen molar-refractivity contribution in [3.8, 4) is 0 Å². The minimum atomic E-state index is -2.68. The molecule has 0 radical (unpaired) electrons. The van der Waals surface area contributed by atoms with Gasteiger partial charge in [-0.05, 0) is 60.6 Å². The van der Waals surface area contributed by atoms with Crippen molar-refractivity contribution in [1.82, 2.24) is 4.98 Å². The van der Waals surface area contributed by atoms with E-state index in [2.05, 4.69) is 144 Å². The Bertz CT molecular complexity index is 2550. The first-order valence-electron chi connectivity index (χ1n) is 19.6. The van der Waals surface area contributed by atoms with Gasteiger partial charge in [0.2, 0.25) is 0 Å². The molecule has 7 nitrogen and oxygen atoms in total. The number of benzene rings is 4. The molecule has 0 bridgehead atoms. The van der Waals surface area contributed by atoms with Gasteiger partial charge in [-0.15, -0.1) is 0 Å². The second-order valence-corrected chi connectivity index (χ2v) is 25.9. The van der Waals surface area contributed by atoms with Gasteiger partial charge < -0.3 is 22.9 Å². The molecule has 0 unspecified atom stereocenters. The van der Waals surface area contributed by atoms with Crippen LogP contribution in [0.25, 0.3) is 22.2 Å². The van der Waals surface area contributed by atoms with Gasteiger partial charge in [-0.1, -0.05) is 174 Å². The Hall–Kier alpha value is -5.01. The summed E-state index contributed by atoms with van der Waals surface area (Å²) in [6.45, 7) is 14.1. The van der Waals surface area contributed by atoms with Crippen LogP contribution in [0, 0.1) is 5.21 Å². The molecule has 59 heavy (non-hydrogen) atoms. The molecule has 8 rings (SSSR count). The van der Waals surface area contributed by atoms with E-state index in [0.29, 0.717) is 33.4 Å². The third-order valence-electron chi connectivity index (χ3n) is 10.7. The lowest BCUT2D eigenvalue weighted by molar-refractivity contribution is -0.574. The molecule has 0 fully saturated rings. The van der Waals surface area contributed by atoms with Gasteiger partial charge in [0.05, 0.1) is 19.3 Å². The number of fused-ring (bicyclic) bond motifs is 2. The van der Waals surface area contributed by atoms with Crippen LogP contribution in [0.15, 0.2) is 167 Å². The van der Waals surface area contributed by atoms with Crippen LogP contribution in [0.4, 0.5) is 0 Å². The van der Waals surface area contributed by atoms with E-state index in [-0.39, 0.29) is 21.8 Å². The first-order chi connectivity index (χ1) is 28.2. The number of nitrogens with zero attached hydrogens (tertiary/aromatic N) is 2. The van der Waals surface area contributed by atoms with Crippen molar-refractivity contribution in [2.24, 2.45) is 0 Å². The van der Waals surface area contributed by atoms with Crippen molar-refractivity contribution in [1.29, 1.82) is 0 Å². The first-order valence-corrected chi connectivity index (χ1v) is 24.2. The summed E-state index contributed by atoms with van der Waals surface area (Å²) in [4.78, 5) is 4.33. The second kappa shape index (κ2) is 17.3. The highest BCUT2D eigenvalue weighted by Crippen LogP contribution is 2.39. The lowest BCUT2D eigenvalue weighted by Gasteiger charge is -2.42. The molecule has 0 amide bonds. The minimum Gasteiger partial charge on any atom is -0.617 e. The normalized spacial score (nSPS) is 12.4. The molecule has 0 aliphatic rings. The zero-order valence-corrected chi connectivity index (χ0v) is 37.6. The summed E-state index contributed by atoms with van der Waals surface area (Å²) >= 11 is 12.0. The second-order valence-electron chi connectivity index (χ2n) is 16.5. The Morgan fingerprint density at radius 2 is 0.932 bits per heavy atom. The van der Waals surface area contributed by atoms with E-state index in [1.165, 1.54) is 26.8 Å². The molecule has 0 saturated heterocycles. The fraction of sp³-hybridized carbons (Fsp3) is 0.208. The van der Waals surface area contributed by atoms with Crippen molar-refractivity contribution >= 4 is 82.8 Å². The molecule has 0 aliphatic carbocycles. The standard InChI is InChI=1S/C24H24ClNO3Si.C24H24ClNO2Si/c1-24(2,3)30(19-10-6-4-7-11-19,20-12-8-5-9-13-20)28-17-18-16-21-22(29-18)14-15-23(25)26(21)27;1-24(2,3)29(19-10-6-4-7-11-19,20-12-8-5-9-13-20)27-17-18-16-21-22(28-18)14-15-23(25)26-21/h4-16H,17H2,1-3H3;4-16H,17H2,1-3H3. The van der Waals surface area contributed by atoms with E-state index in [9.17, 15) is 5.21 Å². The molecule has 0 aliphatic heterocycles. The number of pyridine rings is 2. The van der Waals surface area contributed by atoms with Gasteiger partial charge in [-0.2, -0.15) is 4.73 Å². The highest BCUT2D eigenvalue weighted by molar-refractivity contribution is 7.00. The maximum atomic E-state index is 12.2. The maximum absolute atomic E-state index is 12.2. The van der Waals surface area contributed by atoms with E-state index in [1.54, 1.807) is 18.2 Å². The Morgan fingerprint density at radius 3 is 1.36 bits per heavy atom. The Kier molecular flexibility index (Phi) is 12.4. The van der Waals surface area contributed by atoms with Crippen LogP contribution in [0.3, 0.4) is 0 Å². The van der Waals surface area contributed by atoms with Gasteiger partial charge in [0.25, 0.3) is 27.3 Å². The zero-order valence-electron chi connectivity index (χ0n) is 34.1. The molecular weight excluding hydrogens is 812 g/mol. The van der Waals surface area contributed by atoms with Crippen LogP contribution < -0.4 is 25.5 Å². The molecule has 302 valence electrons. The highest BCUT2D eigenvalue weighted by atomic mass is 35.5. The Balaban J connectivity index is 0.000000179. The summed E-state index contributed by atoms with van der Waals surface area (Å²) in [5.41, 5.74) is 2.37. The first kappa shape index (κ1) is 42.1. The maximum Gasteiger partial charge on any atom is 0.286 e. The van der Waals surface area contributed by atoms with Crippen molar-refractivity contribution in [2.45, 2.75) is 64.8 Å². The van der Waals surface area contributed by atoms with Crippen LogP contribution in [0.5, 0.6) is 0 Å². The Morgan fingerprint density at radius 1 is 0.542 bits per heavy atom. The molecule has 8 aromatic rings. The molecule has 4 aromatic heterocycles. The topological polar surface area (TPSA) is 84.6 Å². The number of hydrogen-bond donors (Lipinski definition) is 0. The predicted octanol–water partition coefficient (Wildman–Crippen LogP) is 10.4. The molecule has 0 N–H and O–H groups in total. The average Bonchev–Trinajstić information content (AvgIpc) is 3.84. The van der Waals surface area contributed by atoms with Gasteiger partial charge in [-0.25, -0.2) is 4.98 Å². The molecule has 4 aromatic carbocycles. The van der Waals surface area contributed by atoms with Gasteiger partial charge in [0, 0.05) is 12.1 Å². The van der Waals surface area contributed by atoms with Crippen LogP contribution in [-0.4, -0.2) is 21.6 Å². The number of hydrogen-bond acceptors (Lipinski definition) is 6. The summed E-state index contributed by atoms with van der Waals surface area (Å²) in [6.07, 6.45) is 0. The minimum absolute atomic E-state index is 0.0801. The zero-order chi connectivity index (χ0) is 41.8. The monoisotopic (exact) mass is 858 g/mol. The average molecular weight is 860 g/mol. The van der Waals surface area contributed by atoms with Crippen molar-refractivity contribution in [3.63, 3.8) is 0 Å². The third kappa shape index (κ3) is 8.54. The smallest absolute Gasteiger partial charge is 0.286 e. The fourth-order valence-corrected chi connectivity index (χ4v) is 17.4. The predicted molar refractivity (Wildman–Crippen MR) is 244 cm³/mol. The van der Waals surface area contributed by atoms with E-state index in [4.69, 9.17) is 40.9 Å². The summed E-state index contributed by atoms with van der Waals surface area (Å²) in [5.74, 6) is 1.35. The van der Waals surface area contributed by atoms with Crippen LogP contribution >= 0.6 is 23.2 Å². The third-order valence-corrected chi connectivity index (χ3v) is 21.1. The Labute approximate surface area is 358 Å². The number of halogens is 2. The van der Waals surface area contributed by atoms with E-state index in [1.807, 2.05) is 36.4 Å². The van der Waals surface area contributed by atoms with Gasteiger partial charge in [-0.3, -0.25) is 0 Å². The summed E-state index contributed by atoms with van der Waals surface area (Å²) in [5, 5.41) is 17.5. The molecule has 0 spiro atoms. The molecule has 4 heterocycles. The van der Waals surface area contributed by atoms with E-state index < -0.39 is 16.6 Å². The number of furan rings is 2. The highest BCUT2D eigenvalue weighted by Gasteiger charge is 2.51. The molecule has 11 heteroatoms. The largest absolute Gasteiger partial charge is 0.617 e. The van der Waals surface area contributed by atoms with Gasteiger partial charge in [0.1, 0.15) is 22.2 Å².